The SMILES string of the molecule is CCOC(=O)c1c(-c2ccc(OC)cc2)csc1NC(=O)/C(C#N)=C/c1ccc(-c2ccc(Cl)cc2Cl)o1. The molecule has 0 saturated carbocycles. The number of thiophene rings is 1. The molecule has 2 aromatic heterocycles. The average molecular weight is 567 g/mol. The molecule has 0 atom stereocenters. The summed E-state index contributed by atoms with van der Waals surface area (Å²) in [6, 6.07) is 17.3. The summed E-state index contributed by atoms with van der Waals surface area (Å²) in [5.41, 5.74) is 1.92. The fraction of sp³-hybridized carbons (Fsp3) is 0.107. The van der Waals surface area contributed by atoms with Crippen molar-refractivity contribution in [2.75, 3.05) is 19.0 Å². The first-order chi connectivity index (χ1) is 18.3. The van der Waals surface area contributed by atoms with Crippen LogP contribution >= 0.6 is 34.5 Å². The Morgan fingerprint density at radius 2 is 1.87 bits per heavy atom. The number of methoxy groups -OCH3 is 1. The minimum Gasteiger partial charge on any atom is -0.497 e. The van der Waals surface area contributed by atoms with Crippen LogP contribution in [0.25, 0.3) is 28.5 Å². The maximum absolute atomic E-state index is 13.0. The maximum atomic E-state index is 13.0. The Bertz CT molecular complexity index is 1560. The van der Waals surface area contributed by atoms with Gasteiger partial charge in [-0.15, -0.1) is 11.3 Å². The van der Waals surface area contributed by atoms with Crippen LogP contribution in [0.2, 0.25) is 10.0 Å². The molecule has 0 aliphatic carbocycles. The second-order valence-electron chi connectivity index (χ2n) is 7.75. The third kappa shape index (κ3) is 5.92. The normalized spacial score (nSPS) is 11.1. The molecule has 0 aliphatic rings. The molecule has 4 rings (SSSR count). The Hall–Kier alpha value is -4.03. The van der Waals surface area contributed by atoms with Gasteiger partial charge in [-0.1, -0.05) is 35.3 Å². The molecule has 2 aromatic carbocycles. The van der Waals surface area contributed by atoms with Gasteiger partial charge in [-0.3, -0.25) is 4.79 Å². The van der Waals surface area contributed by atoms with Crippen LogP contribution in [0.15, 0.2) is 70.0 Å². The molecule has 1 N–H and O–H groups in total. The van der Waals surface area contributed by atoms with Crippen LogP contribution in [0, 0.1) is 11.3 Å². The molecule has 0 fully saturated rings. The monoisotopic (exact) mass is 566 g/mol. The molecule has 0 aliphatic heterocycles. The molecule has 1 amide bonds. The average Bonchev–Trinajstić information content (AvgIpc) is 3.54. The van der Waals surface area contributed by atoms with E-state index in [4.69, 9.17) is 37.1 Å². The van der Waals surface area contributed by atoms with Crippen LogP contribution in [0.4, 0.5) is 5.00 Å². The summed E-state index contributed by atoms with van der Waals surface area (Å²) < 4.78 is 16.2. The van der Waals surface area contributed by atoms with Crippen molar-refractivity contribution in [1.82, 2.24) is 0 Å². The number of hydrogen-bond donors (Lipinski definition) is 1. The highest BCUT2D eigenvalue weighted by Crippen LogP contribution is 2.37. The molecular formula is C28H20Cl2N2O5S. The van der Waals surface area contributed by atoms with E-state index in [1.807, 2.05) is 6.07 Å². The van der Waals surface area contributed by atoms with Gasteiger partial charge in [-0.2, -0.15) is 5.26 Å². The predicted octanol–water partition coefficient (Wildman–Crippen LogP) is 7.71. The molecule has 2 heterocycles. The Morgan fingerprint density at radius 3 is 2.53 bits per heavy atom. The molecule has 4 aromatic rings. The van der Waals surface area contributed by atoms with E-state index in [-0.39, 0.29) is 28.5 Å². The van der Waals surface area contributed by atoms with Gasteiger partial charge in [-0.25, -0.2) is 4.79 Å². The second kappa shape index (κ2) is 12.0. The van der Waals surface area contributed by atoms with Gasteiger partial charge in [0.15, 0.2) is 0 Å². The minimum atomic E-state index is -0.705. The van der Waals surface area contributed by atoms with E-state index < -0.39 is 11.9 Å². The van der Waals surface area contributed by atoms with Gasteiger partial charge in [0.25, 0.3) is 5.91 Å². The van der Waals surface area contributed by atoms with Crippen molar-refractivity contribution < 1.29 is 23.5 Å². The number of carbonyl (C=O) groups excluding carboxylic acids is 2. The van der Waals surface area contributed by atoms with E-state index in [1.54, 1.807) is 74.0 Å². The molecule has 7 nitrogen and oxygen atoms in total. The zero-order chi connectivity index (χ0) is 27.2. The van der Waals surface area contributed by atoms with E-state index in [0.717, 1.165) is 16.9 Å². The first kappa shape index (κ1) is 27.0. The second-order valence-corrected chi connectivity index (χ2v) is 9.48. The van der Waals surface area contributed by atoms with Gasteiger partial charge in [0.2, 0.25) is 0 Å². The number of anilines is 1. The fourth-order valence-corrected chi connectivity index (χ4v) is 5.02. The third-order valence-electron chi connectivity index (χ3n) is 5.37. The number of benzene rings is 2. The van der Waals surface area contributed by atoms with Gasteiger partial charge >= 0.3 is 5.97 Å². The number of halogens is 2. The number of nitriles is 1. The van der Waals surface area contributed by atoms with Crippen molar-refractivity contribution in [3.05, 3.63) is 86.9 Å². The molecule has 10 heteroatoms. The topological polar surface area (TPSA) is 102 Å². The fourth-order valence-electron chi connectivity index (χ4n) is 3.56. The number of nitrogens with one attached hydrogen (secondary N) is 1. The van der Waals surface area contributed by atoms with Crippen LogP contribution in [-0.2, 0) is 9.53 Å². The highest BCUT2D eigenvalue weighted by atomic mass is 35.5. The number of nitrogens with zero attached hydrogens (tertiary/aromatic N) is 1. The Morgan fingerprint density at radius 1 is 1.11 bits per heavy atom. The molecule has 0 unspecified atom stereocenters. The zero-order valence-electron chi connectivity index (χ0n) is 20.2. The quantitative estimate of drug-likeness (QED) is 0.133. The minimum absolute atomic E-state index is 0.159. The van der Waals surface area contributed by atoms with Crippen molar-refractivity contribution in [2.24, 2.45) is 0 Å². The first-order valence-corrected chi connectivity index (χ1v) is 12.9. The lowest BCUT2D eigenvalue weighted by Crippen LogP contribution is -2.16. The summed E-state index contributed by atoms with van der Waals surface area (Å²) in [6.45, 7) is 1.85. The summed E-state index contributed by atoms with van der Waals surface area (Å²) in [5.74, 6) is 0.0889. The Kier molecular flexibility index (Phi) is 8.54. The molecule has 0 spiro atoms. The largest absolute Gasteiger partial charge is 0.497 e. The highest BCUT2D eigenvalue weighted by Gasteiger charge is 2.24. The number of furan rings is 1. The van der Waals surface area contributed by atoms with E-state index >= 15 is 0 Å². The standard InChI is InChI=1S/C28H20Cl2N2O5S/c1-3-36-28(34)25-22(16-4-7-19(35-2)8-5-16)15-38-27(25)32-26(33)17(14-31)12-20-9-11-24(37-20)21-10-6-18(29)13-23(21)30/h4-13,15H,3H2,1-2H3,(H,32,33)/b17-12+. The first-order valence-electron chi connectivity index (χ1n) is 11.3. The van der Waals surface area contributed by atoms with Crippen molar-refractivity contribution in [3.63, 3.8) is 0 Å². The van der Waals surface area contributed by atoms with Gasteiger partial charge in [0.05, 0.1) is 18.7 Å². The lowest BCUT2D eigenvalue weighted by molar-refractivity contribution is -0.112. The van der Waals surface area contributed by atoms with E-state index in [9.17, 15) is 14.9 Å². The number of ether oxygens (including phenoxy) is 2. The maximum Gasteiger partial charge on any atom is 0.341 e. The lowest BCUT2D eigenvalue weighted by atomic mass is 10.0. The van der Waals surface area contributed by atoms with Crippen molar-refractivity contribution >= 4 is 57.5 Å². The molecule has 38 heavy (non-hydrogen) atoms. The van der Waals surface area contributed by atoms with Crippen molar-refractivity contribution in [2.45, 2.75) is 6.92 Å². The molecular weight excluding hydrogens is 547 g/mol. The number of hydrogen-bond acceptors (Lipinski definition) is 7. The molecule has 192 valence electrons. The van der Waals surface area contributed by atoms with Crippen LogP contribution in [0.3, 0.4) is 0 Å². The van der Waals surface area contributed by atoms with Gasteiger partial charge in [0, 0.05) is 27.6 Å². The van der Waals surface area contributed by atoms with Crippen LogP contribution in [0.1, 0.15) is 23.0 Å². The summed E-state index contributed by atoms with van der Waals surface area (Å²) >= 11 is 13.4. The van der Waals surface area contributed by atoms with E-state index in [0.29, 0.717) is 32.7 Å². The van der Waals surface area contributed by atoms with Gasteiger partial charge in [-0.05, 0) is 55.0 Å². The van der Waals surface area contributed by atoms with Crippen LogP contribution in [0.5, 0.6) is 5.75 Å². The van der Waals surface area contributed by atoms with Crippen LogP contribution in [-0.4, -0.2) is 25.6 Å². The van der Waals surface area contributed by atoms with Crippen molar-refractivity contribution in [3.8, 4) is 34.3 Å². The van der Waals surface area contributed by atoms with Crippen molar-refractivity contribution in [1.29, 1.82) is 5.26 Å². The van der Waals surface area contributed by atoms with E-state index in [1.165, 1.54) is 6.08 Å². The smallest absolute Gasteiger partial charge is 0.341 e. The van der Waals surface area contributed by atoms with Gasteiger partial charge in [0.1, 0.15) is 39.5 Å². The Labute approximate surface area is 232 Å². The van der Waals surface area contributed by atoms with E-state index in [2.05, 4.69) is 5.32 Å². The molecule has 0 radical (unpaired) electrons. The van der Waals surface area contributed by atoms with Crippen LogP contribution < -0.4 is 10.1 Å². The zero-order valence-corrected chi connectivity index (χ0v) is 22.5. The predicted molar refractivity (Wildman–Crippen MR) is 149 cm³/mol. The lowest BCUT2D eigenvalue weighted by Gasteiger charge is -2.09. The van der Waals surface area contributed by atoms with Gasteiger partial charge < -0.3 is 19.2 Å². The summed E-state index contributed by atoms with van der Waals surface area (Å²) in [7, 11) is 1.56. The highest BCUT2D eigenvalue weighted by molar-refractivity contribution is 7.15. The number of amides is 1. The number of carbonyl (C=O) groups is 2. The third-order valence-corrected chi connectivity index (χ3v) is 6.82. The molecule has 0 bridgehead atoms. The summed E-state index contributed by atoms with van der Waals surface area (Å²) in [6.07, 6.45) is 1.31. The molecule has 0 saturated heterocycles. The number of esters is 1. The Balaban J connectivity index is 1.62. The summed E-state index contributed by atoms with van der Waals surface area (Å²) in [4.78, 5) is 25.9. The number of rotatable bonds is 8. The summed E-state index contributed by atoms with van der Waals surface area (Å²) in [5, 5.41) is 15.2.